The first-order valence-electron chi connectivity index (χ1n) is 13.7. The molecule has 2 aromatic rings. The van der Waals surface area contributed by atoms with Gasteiger partial charge in [-0.25, -0.2) is 8.78 Å². The van der Waals surface area contributed by atoms with Crippen LogP contribution in [0.2, 0.25) is 0 Å². The zero-order chi connectivity index (χ0) is 30.3. The summed E-state index contributed by atoms with van der Waals surface area (Å²) < 4.78 is 74.5. The molecule has 4 rings (SSSR count). The summed E-state index contributed by atoms with van der Waals surface area (Å²) in [7, 11) is 0. The average Bonchev–Trinajstić information content (AvgIpc) is 3.10. The van der Waals surface area contributed by atoms with Gasteiger partial charge in [-0.1, -0.05) is 25.1 Å². The number of nitrogens with zero attached hydrogens (tertiary/aromatic N) is 2. The molecule has 2 fully saturated rings. The first-order chi connectivity index (χ1) is 19.0. The molecule has 224 valence electrons. The van der Waals surface area contributed by atoms with E-state index in [4.69, 9.17) is 4.74 Å². The summed E-state index contributed by atoms with van der Waals surface area (Å²) in [6.07, 6.45) is -5.86. The lowest BCUT2D eigenvalue weighted by Crippen LogP contribution is -2.53. The Morgan fingerprint density at radius 1 is 1.10 bits per heavy atom. The Bertz CT molecular complexity index is 1280. The topological polar surface area (TPSA) is 61.9 Å². The maximum atomic E-state index is 14.1. The predicted molar refractivity (Wildman–Crippen MR) is 146 cm³/mol. The van der Waals surface area contributed by atoms with Gasteiger partial charge in [0.2, 0.25) is 11.8 Å². The van der Waals surface area contributed by atoms with Crippen LogP contribution in [0.5, 0.6) is 5.75 Å². The summed E-state index contributed by atoms with van der Waals surface area (Å²) in [4.78, 5) is 31.2. The molecule has 2 amide bonds. The Morgan fingerprint density at radius 2 is 1.71 bits per heavy atom. The monoisotopic (exact) mass is 581 g/mol. The zero-order valence-electron chi connectivity index (χ0n) is 23.9. The van der Waals surface area contributed by atoms with Gasteiger partial charge in [-0.3, -0.25) is 9.59 Å². The maximum Gasteiger partial charge on any atom is 0.416 e. The number of nitrogens with one attached hydrogen (secondary N) is 1. The molecule has 2 atom stereocenters. The first kappa shape index (κ1) is 30.7. The largest absolute Gasteiger partial charge is 0.491 e. The molecule has 2 aliphatic heterocycles. The summed E-state index contributed by atoms with van der Waals surface area (Å²) in [6.45, 7) is 8.67. The molecule has 11 heteroatoms. The number of alkyl halides is 5. The number of aryl methyl sites for hydroxylation is 2. The van der Waals surface area contributed by atoms with E-state index in [1.807, 2.05) is 32.0 Å². The number of anilines is 2. The third-order valence-corrected chi connectivity index (χ3v) is 8.02. The van der Waals surface area contributed by atoms with Crippen LogP contribution in [0.25, 0.3) is 0 Å². The van der Waals surface area contributed by atoms with Crippen molar-refractivity contribution in [2.75, 3.05) is 36.4 Å². The van der Waals surface area contributed by atoms with Crippen molar-refractivity contribution in [3.8, 4) is 5.75 Å². The number of likely N-dealkylation sites (tertiary alicyclic amines) is 1. The Hall–Kier alpha value is -3.21. The quantitative estimate of drug-likeness (QED) is 0.382. The van der Waals surface area contributed by atoms with Gasteiger partial charge in [-0.2, -0.15) is 13.2 Å². The minimum Gasteiger partial charge on any atom is -0.491 e. The van der Waals surface area contributed by atoms with Crippen LogP contribution in [-0.4, -0.2) is 54.9 Å². The fourth-order valence-electron chi connectivity index (χ4n) is 5.78. The minimum atomic E-state index is -4.69. The molecule has 0 spiro atoms. The molecule has 2 aromatic carbocycles. The van der Waals surface area contributed by atoms with Crippen LogP contribution in [0.4, 0.5) is 33.3 Å². The van der Waals surface area contributed by atoms with Gasteiger partial charge in [0.1, 0.15) is 5.75 Å². The molecule has 1 N–H and O–H groups in total. The average molecular weight is 582 g/mol. The number of hydrogen-bond acceptors (Lipinski definition) is 4. The number of hydrogen-bond donors (Lipinski definition) is 1. The van der Waals surface area contributed by atoms with Gasteiger partial charge in [-0.15, -0.1) is 0 Å². The van der Waals surface area contributed by atoms with Crippen LogP contribution in [0.15, 0.2) is 36.4 Å². The standard InChI is InChI=1S/C30H36F5N3O3/c1-18(2)41-24-14-22(30(33,34)35)13-23(15-24)36-27(40)28(16-37-11-9-29(31,32)10-12-37)17-38(26(39)21(28)5)25-19(3)7-6-8-20(25)4/h6-8,13-15,18,21H,9-12,16-17H2,1-5H3,(H,36,40)/t21-,28?/m1/s1. The highest BCUT2D eigenvalue weighted by Crippen LogP contribution is 2.44. The van der Waals surface area contributed by atoms with Crippen molar-refractivity contribution in [2.24, 2.45) is 11.3 Å². The van der Waals surface area contributed by atoms with Crippen LogP contribution in [0.3, 0.4) is 0 Å². The number of rotatable bonds is 7. The zero-order valence-corrected chi connectivity index (χ0v) is 23.9. The molecule has 0 radical (unpaired) electrons. The number of carbonyl (C=O) groups excluding carboxylic acids is 2. The van der Waals surface area contributed by atoms with Crippen LogP contribution < -0.4 is 15.0 Å². The number of halogens is 5. The molecule has 0 saturated carbocycles. The lowest BCUT2D eigenvalue weighted by molar-refractivity contribution is -0.137. The Balaban J connectivity index is 1.74. The van der Waals surface area contributed by atoms with E-state index < -0.39 is 41.0 Å². The van der Waals surface area contributed by atoms with Crippen LogP contribution in [0.1, 0.15) is 50.3 Å². The number of ether oxygens (including phenoxy) is 1. The molecular weight excluding hydrogens is 545 g/mol. The number of para-hydroxylation sites is 1. The number of amides is 2. The molecule has 2 saturated heterocycles. The third-order valence-electron chi connectivity index (χ3n) is 8.02. The molecule has 0 bridgehead atoms. The van der Waals surface area contributed by atoms with Crippen molar-refractivity contribution in [3.05, 3.63) is 53.1 Å². The lowest BCUT2D eigenvalue weighted by Gasteiger charge is -2.39. The van der Waals surface area contributed by atoms with Gasteiger partial charge in [0, 0.05) is 56.5 Å². The highest BCUT2D eigenvalue weighted by molar-refractivity contribution is 6.08. The molecule has 41 heavy (non-hydrogen) atoms. The normalized spacial score (nSPS) is 23.2. The van der Waals surface area contributed by atoms with Crippen molar-refractivity contribution in [2.45, 2.75) is 65.7 Å². The summed E-state index contributed by atoms with van der Waals surface area (Å²) in [5, 5.41) is 2.64. The van der Waals surface area contributed by atoms with E-state index in [1.54, 1.807) is 30.6 Å². The summed E-state index contributed by atoms with van der Waals surface area (Å²) in [6, 6.07) is 8.57. The Labute approximate surface area is 236 Å². The van der Waals surface area contributed by atoms with E-state index in [1.165, 1.54) is 6.07 Å². The third kappa shape index (κ3) is 6.50. The fraction of sp³-hybridized carbons (Fsp3) is 0.533. The molecule has 2 aliphatic rings. The van der Waals surface area contributed by atoms with Crippen molar-refractivity contribution in [3.63, 3.8) is 0 Å². The Morgan fingerprint density at radius 3 is 2.27 bits per heavy atom. The molecule has 0 aromatic heterocycles. The molecule has 0 aliphatic carbocycles. The van der Waals surface area contributed by atoms with Crippen LogP contribution in [0, 0.1) is 25.2 Å². The summed E-state index contributed by atoms with van der Waals surface area (Å²) in [5.74, 6) is -4.71. The Kier molecular flexibility index (Phi) is 8.42. The smallest absolute Gasteiger partial charge is 0.416 e. The second kappa shape index (κ2) is 11.2. The molecular formula is C30H36F5N3O3. The van der Waals surface area contributed by atoms with Crippen LogP contribution >= 0.6 is 0 Å². The number of carbonyl (C=O) groups is 2. The number of benzene rings is 2. The fourth-order valence-corrected chi connectivity index (χ4v) is 5.78. The second-order valence-corrected chi connectivity index (χ2v) is 11.5. The van der Waals surface area contributed by atoms with Crippen molar-refractivity contribution in [1.29, 1.82) is 0 Å². The van der Waals surface area contributed by atoms with Gasteiger partial charge in [-0.05, 0) is 51.0 Å². The summed E-state index contributed by atoms with van der Waals surface area (Å²) >= 11 is 0. The van der Waals surface area contributed by atoms with Gasteiger partial charge >= 0.3 is 6.18 Å². The summed E-state index contributed by atoms with van der Waals surface area (Å²) in [5.41, 5.74) is -0.233. The predicted octanol–water partition coefficient (Wildman–Crippen LogP) is 6.45. The molecule has 1 unspecified atom stereocenters. The van der Waals surface area contributed by atoms with Gasteiger partial charge in [0.05, 0.1) is 23.0 Å². The van der Waals surface area contributed by atoms with Crippen LogP contribution in [-0.2, 0) is 15.8 Å². The van der Waals surface area contributed by atoms with E-state index in [9.17, 15) is 31.5 Å². The van der Waals surface area contributed by atoms with E-state index >= 15 is 0 Å². The van der Waals surface area contributed by atoms with E-state index in [0.29, 0.717) is 5.69 Å². The van der Waals surface area contributed by atoms with E-state index in [-0.39, 0.29) is 56.4 Å². The number of piperidine rings is 1. The SMILES string of the molecule is Cc1cccc(C)c1N1CC(CN2CCC(F)(F)CC2)(C(=O)Nc2cc(OC(C)C)cc(C(F)(F)F)c2)[C@H](C)C1=O. The van der Waals surface area contributed by atoms with Crippen molar-refractivity contribution in [1.82, 2.24) is 4.90 Å². The van der Waals surface area contributed by atoms with Gasteiger partial charge in [0.15, 0.2) is 0 Å². The van der Waals surface area contributed by atoms with E-state index in [0.717, 1.165) is 23.3 Å². The van der Waals surface area contributed by atoms with Crippen molar-refractivity contribution >= 4 is 23.2 Å². The molecule has 2 heterocycles. The highest BCUT2D eigenvalue weighted by Gasteiger charge is 2.56. The molecule has 6 nitrogen and oxygen atoms in total. The van der Waals surface area contributed by atoms with Gasteiger partial charge in [0.25, 0.3) is 5.92 Å². The highest BCUT2D eigenvalue weighted by atomic mass is 19.4. The maximum absolute atomic E-state index is 14.1. The minimum absolute atomic E-state index is 0.00242. The first-order valence-corrected chi connectivity index (χ1v) is 13.7. The van der Waals surface area contributed by atoms with E-state index in [2.05, 4.69) is 5.32 Å². The second-order valence-electron chi connectivity index (χ2n) is 11.5. The van der Waals surface area contributed by atoms with Gasteiger partial charge < -0.3 is 19.9 Å². The lowest BCUT2D eigenvalue weighted by atomic mass is 9.76. The van der Waals surface area contributed by atoms with Crippen molar-refractivity contribution < 1.29 is 36.3 Å².